The number of carbonyl (C=O) groups is 2. The van der Waals surface area contributed by atoms with Crippen molar-refractivity contribution in [1.82, 2.24) is 0 Å². The average molecular weight is 212 g/mol. The Morgan fingerprint density at radius 3 is 2.27 bits per heavy atom. The standard InChI is InChI=1S/C11H16O4/c1-7(2)15-11(14)9-6-4-3-5-8(9)10(12)13/h8-9H,1,3-6H2,2H3,(H,12,13). The number of rotatable bonds is 3. The van der Waals surface area contributed by atoms with Gasteiger partial charge in [-0.2, -0.15) is 0 Å². The molecule has 0 heterocycles. The van der Waals surface area contributed by atoms with Crippen molar-refractivity contribution < 1.29 is 19.4 Å². The maximum Gasteiger partial charge on any atom is 0.314 e. The summed E-state index contributed by atoms with van der Waals surface area (Å²) in [5.74, 6) is -2.14. The zero-order valence-corrected chi connectivity index (χ0v) is 8.86. The molecule has 4 heteroatoms. The first-order chi connectivity index (χ1) is 7.02. The molecule has 0 aromatic rings. The van der Waals surface area contributed by atoms with Crippen LogP contribution in [0, 0.1) is 11.8 Å². The van der Waals surface area contributed by atoms with E-state index in [1.807, 2.05) is 0 Å². The lowest BCUT2D eigenvalue weighted by Crippen LogP contribution is -2.33. The molecule has 0 amide bonds. The molecule has 1 fully saturated rings. The molecule has 2 unspecified atom stereocenters. The number of hydrogen-bond acceptors (Lipinski definition) is 3. The van der Waals surface area contributed by atoms with Crippen molar-refractivity contribution in [2.45, 2.75) is 32.6 Å². The van der Waals surface area contributed by atoms with Gasteiger partial charge in [-0.1, -0.05) is 19.4 Å². The van der Waals surface area contributed by atoms with Crippen LogP contribution in [-0.4, -0.2) is 17.0 Å². The molecular formula is C11H16O4. The molecule has 0 saturated heterocycles. The van der Waals surface area contributed by atoms with Crippen LogP contribution in [0.15, 0.2) is 12.3 Å². The fourth-order valence-electron chi connectivity index (χ4n) is 1.96. The minimum absolute atomic E-state index is 0.315. The Kier molecular flexibility index (Phi) is 3.88. The summed E-state index contributed by atoms with van der Waals surface area (Å²) in [6.45, 7) is 5.05. The predicted octanol–water partition coefficient (Wildman–Crippen LogP) is 1.95. The molecule has 1 aliphatic carbocycles. The van der Waals surface area contributed by atoms with Gasteiger partial charge in [0.15, 0.2) is 0 Å². The molecule has 1 saturated carbocycles. The highest BCUT2D eigenvalue weighted by Crippen LogP contribution is 2.31. The van der Waals surface area contributed by atoms with Crippen LogP contribution in [-0.2, 0) is 14.3 Å². The minimum Gasteiger partial charge on any atom is -0.481 e. The Hall–Kier alpha value is -1.32. The number of hydrogen-bond donors (Lipinski definition) is 1. The number of esters is 1. The van der Waals surface area contributed by atoms with E-state index in [0.717, 1.165) is 12.8 Å². The highest BCUT2D eigenvalue weighted by molar-refractivity contribution is 5.81. The average Bonchev–Trinajstić information content (AvgIpc) is 2.16. The lowest BCUT2D eigenvalue weighted by Gasteiger charge is -2.26. The lowest BCUT2D eigenvalue weighted by molar-refractivity contribution is -0.156. The summed E-state index contributed by atoms with van der Waals surface area (Å²) in [6.07, 6.45) is 2.92. The Balaban J connectivity index is 2.67. The van der Waals surface area contributed by atoms with Crippen molar-refractivity contribution >= 4 is 11.9 Å². The third-order valence-corrected chi connectivity index (χ3v) is 2.66. The number of carboxylic acids is 1. The summed E-state index contributed by atoms with van der Waals surface area (Å²) in [5.41, 5.74) is 0. The molecule has 0 aromatic heterocycles. The fraction of sp³-hybridized carbons (Fsp3) is 0.636. The Labute approximate surface area is 88.9 Å². The minimum atomic E-state index is -0.904. The van der Waals surface area contributed by atoms with Gasteiger partial charge in [-0.25, -0.2) is 0 Å². The quantitative estimate of drug-likeness (QED) is 0.573. The van der Waals surface area contributed by atoms with E-state index in [9.17, 15) is 9.59 Å². The van der Waals surface area contributed by atoms with Gasteiger partial charge >= 0.3 is 11.9 Å². The van der Waals surface area contributed by atoms with Crippen LogP contribution < -0.4 is 0 Å². The molecule has 4 nitrogen and oxygen atoms in total. The Morgan fingerprint density at radius 2 is 1.80 bits per heavy atom. The molecule has 1 N–H and O–H groups in total. The van der Waals surface area contributed by atoms with Gasteiger partial charge in [0, 0.05) is 0 Å². The van der Waals surface area contributed by atoms with E-state index in [1.54, 1.807) is 6.92 Å². The van der Waals surface area contributed by atoms with E-state index < -0.39 is 23.8 Å². The van der Waals surface area contributed by atoms with Crippen LogP contribution in [0.3, 0.4) is 0 Å². The van der Waals surface area contributed by atoms with Crippen molar-refractivity contribution in [3.8, 4) is 0 Å². The molecule has 15 heavy (non-hydrogen) atoms. The van der Waals surface area contributed by atoms with Crippen LogP contribution in [0.5, 0.6) is 0 Å². The van der Waals surface area contributed by atoms with Gasteiger partial charge in [0.25, 0.3) is 0 Å². The molecule has 1 aliphatic rings. The van der Waals surface area contributed by atoms with E-state index in [-0.39, 0.29) is 0 Å². The van der Waals surface area contributed by atoms with Crippen molar-refractivity contribution in [2.75, 3.05) is 0 Å². The number of allylic oxidation sites excluding steroid dienone is 1. The topological polar surface area (TPSA) is 63.6 Å². The van der Waals surface area contributed by atoms with E-state index in [2.05, 4.69) is 6.58 Å². The summed E-state index contributed by atoms with van der Waals surface area (Å²) in [4.78, 5) is 22.5. The largest absolute Gasteiger partial charge is 0.481 e. The summed E-state index contributed by atoms with van der Waals surface area (Å²) >= 11 is 0. The van der Waals surface area contributed by atoms with Crippen LogP contribution in [0.2, 0.25) is 0 Å². The van der Waals surface area contributed by atoms with Crippen molar-refractivity contribution in [3.05, 3.63) is 12.3 Å². The highest BCUT2D eigenvalue weighted by Gasteiger charge is 2.36. The fourth-order valence-corrected chi connectivity index (χ4v) is 1.96. The molecule has 1 rings (SSSR count). The first-order valence-electron chi connectivity index (χ1n) is 5.12. The zero-order valence-electron chi connectivity index (χ0n) is 8.86. The van der Waals surface area contributed by atoms with Crippen molar-refractivity contribution in [2.24, 2.45) is 11.8 Å². The van der Waals surface area contributed by atoms with Crippen LogP contribution >= 0.6 is 0 Å². The third-order valence-electron chi connectivity index (χ3n) is 2.66. The van der Waals surface area contributed by atoms with Gasteiger partial charge in [-0.05, 0) is 19.8 Å². The molecule has 0 aromatic carbocycles. The second-order valence-corrected chi connectivity index (χ2v) is 3.96. The van der Waals surface area contributed by atoms with Gasteiger partial charge in [-0.3, -0.25) is 9.59 Å². The number of aliphatic carboxylic acids is 1. The summed E-state index contributed by atoms with van der Waals surface area (Å²) in [5, 5.41) is 8.96. The van der Waals surface area contributed by atoms with E-state index in [1.165, 1.54) is 0 Å². The Bertz CT molecular complexity index is 282. The lowest BCUT2D eigenvalue weighted by atomic mass is 9.79. The van der Waals surface area contributed by atoms with Crippen molar-refractivity contribution in [1.29, 1.82) is 0 Å². The normalized spacial score (nSPS) is 25.7. The monoisotopic (exact) mass is 212 g/mol. The maximum absolute atomic E-state index is 11.6. The maximum atomic E-state index is 11.6. The third kappa shape index (κ3) is 3.08. The van der Waals surface area contributed by atoms with Gasteiger partial charge in [0.2, 0.25) is 0 Å². The van der Waals surface area contributed by atoms with Gasteiger partial charge in [0.05, 0.1) is 17.6 Å². The summed E-state index contributed by atoms with van der Waals surface area (Å²) < 4.78 is 4.87. The van der Waals surface area contributed by atoms with Gasteiger partial charge in [-0.15, -0.1) is 0 Å². The van der Waals surface area contributed by atoms with Gasteiger partial charge in [0.1, 0.15) is 0 Å². The molecule has 0 spiro atoms. The highest BCUT2D eigenvalue weighted by atomic mass is 16.5. The molecule has 0 bridgehead atoms. The SMILES string of the molecule is C=C(C)OC(=O)C1CCCCC1C(=O)O. The molecule has 0 aliphatic heterocycles. The van der Waals surface area contributed by atoms with Gasteiger partial charge < -0.3 is 9.84 Å². The molecule has 84 valence electrons. The molecule has 0 radical (unpaired) electrons. The first-order valence-corrected chi connectivity index (χ1v) is 5.12. The second-order valence-electron chi connectivity index (χ2n) is 3.96. The summed E-state index contributed by atoms with van der Waals surface area (Å²) in [7, 11) is 0. The smallest absolute Gasteiger partial charge is 0.314 e. The van der Waals surface area contributed by atoms with E-state index in [0.29, 0.717) is 18.6 Å². The second kappa shape index (κ2) is 4.96. The first kappa shape index (κ1) is 11.8. The molecule has 2 atom stereocenters. The van der Waals surface area contributed by atoms with Crippen molar-refractivity contribution in [3.63, 3.8) is 0 Å². The molecular weight excluding hydrogens is 196 g/mol. The number of carbonyl (C=O) groups excluding carboxylic acids is 1. The van der Waals surface area contributed by atoms with Crippen LogP contribution in [0.4, 0.5) is 0 Å². The zero-order chi connectivity index (χ0) is 11.4. The summed E-state index contributed by atoms with van der Waals surface area (Å²) in [6, 6.07) is 0. The predicted molar refractivity (Wildman–Crippen MR) is 54.0 cm³/mol. The number of carboxylic acid groups (broad SMARTS) is 1. The van der Waals surface area contributed by atoms with E-state index in [4.69, 9.17) is 9.84 Å². The van der Waals surface area contributed by atoms with E-state index >= 15 is 0 Å². The van der Waals surface area contributed by atoms with Crippen LogP contribution in [0.1, 0.15) is 32.6 Å². The Morgan fingerprint density at radius 1 is 1.27 bits per heavy atom. The number of ether oxygens (including phenoxy) is 1. The van der Waals surface area contributed by atoms with Crippen LogP contribution in [0.25, 0.3) is 0 Å².